The number of rotatable bonds is 32. The van der Waals surface area contributed by atoms with Gasteiger partial charge in [0.05, 0.1) is 65.6 Å². The summed E-state index contributed by atoms with van der Waals surface area (Å²) < 4.78 is 114. The van der Waals surface area contributed by atoms with E-state index in [9.17, 15) is 157 Å². The molecule has 10 heterocycles. The van der Waals surface area contributed by atoms with Crippen molar-refractivity contribution in [3.8, 4) is 0 Å². The average molecular weight is 1830 g/mol. The SMILES string of the molecule is CC(=O)N[C@@H]1[C@@H](O)[C@H](O[C@@H]2O[C@H](CO)[C@@H](O[C@@H]3O[C@H](CO[C@H]4O[C@H](CO[C@@H]5O[C@H](CO)[C@@H](O)[C@H](O)[C@H]5NC(C)=O)[C@@H](O)[C@H](O)[C@@H]4O[C@@H]4O[C@H](CO)[C@@H](O)[C@H](O)[C@H]4NC(C)=O)[C@@H](O)[C@H](O[C@H]4O[C@H](CO)[C@@H](O)[C@H](O)[C@@H]4O[C@@H]4O[C@H](CO)[C@@H](O[C@@H]5O[C@H](CO)[C@H](O)[C@H](O)[C@H]5O)[C@H](O)[C@H]4NC(C)=O)[C@@H]3O)[C@H](O)[C@H]2NC(C)=O)[C@@H](CO[C@@H]2O[C@@H](C)[C@@H](O)[C@@H](O)[C@@H]2O)O[C@@H]1O. The maximum absolute atomic E-state index is 13.3. The van der Waals surface area contributed by atoms with Gasteiger partial charge >= 0.3 is 0 Å². The zero-order valence-corrected chi connectivity index (χ0v) is 67.7. The second kappa shape index (κ2) is 44.9. The van der Waals surface area contributed by atoms with Crippen LogP contribution in [0, 0.1) is 0 Å². The Kier molecular flexibility index (Phi) is 36.8. The van der Waals surface area contributed by atoms with Crippen molar-refractivity contribution in [2.45, 2.75) is 348 Å². The zero-order valence-electron chi connectivity index (χ0n) is 67.7. The molecule has 10 saturated heterocycles. The predicted molar refractivity (Wildman–Crippen MR) is 386 cm³/mol. The van der Waals surface area contributed by atoms with E-state index in [-0.39, 0.29) is 0 Å². The van der Waals surface area contributed by atoms with Gasteiger partial charge in [-0.3, -0.25) is 24.0 Å². The Bertz CT molecular complexity index is 3420. The Morgan fingerprint density at radius 1 is 0.224 bits per heavy atom. The van der Waals surface area contributed by atoms with Crippen LogP contribution in [0.5, 0.6) is 0 Å². The molecule has 10 rings (SSSR count). The first kappa shape index (κ1) is 103. The highest BCUT2D eigenvalue weighted by Gasteiger charge is 2.61. The van der Waals surface area contributed by atoms with Crippen LogP contribution in [-0.4, -0.2) is 529 Å². The number of carbonyl (C=O) groups is 5. The van der Waals surface area contributed by atoms with E-state index >= 15 is 0 Å². The maximum Gasteiger partial charge on any atom is 0.217 e. The van der Waals surface area contributed by atoms with Gasteiger partial charge in [-0.2, -0.15) is 0 Å². The summed E-state index contributed by atoms with van der Waals surface area (Å²) in [4.78, 5) is 64.0. The highest BCUT2D eigenvalue weighted by Crippen LogP contribution is 2.40. The molecule has 50 atom stereocenters. The van der Waals surface area contributed by atoms with E-state index in [0.29, 0.717) is 0 Å². The van der Waals surface area contributed by atoms with E-state index in [4.69, 9.17) is 90.0 Å². The van der Waals surface area contributed by atoms with Gasteiger partial charge in [-0.25, -0.2) is 0 Å². The molecule has 0 aromatic rings. The smallest absolute Gasteiger partial charge is 0.217 e. The van der Waals surface area contributed by atoms with Gasteiger partial charge in [-0.15, -0.1) is 0 Å². The summed E-state index contributed by atoms with van der Waals surface area (Å²) in [7, 11) is 0. The number of hydrogen-bond donors (Lipinski definition) is 31. The molecule has 55 heteroatoms. The van der Waals surface area contributed by atoms with Gasteiger partial charge in [0.15, 0.2) is 62.9 Å². The largest absolute Gasteiger partial charge is 0.394 e. The van der Waals surface area contributed by atoms with E-state index in [0.717, 1.165) is 34.6 Å². The number of aliphatic hydroxyl groups is 26. The van der Waals surface area contributed by atoms with Gasteiger partial charge < -0.3 is 249 Å². The van der Waals surface area contributed by atoms with Crippen molar-refractivity contribution in [2.24, 2.45) is 0 Å². The van der Waals surface area contributed by atoms with E-state index in [2.05, 4.69) is 26.6 Å². The van der Waals surface area contributed by atoms with Gasteiger partial charge in [0.25, 0.3) is 0 Å². The van der Waals surface area contributed by atoms with Crippen molar-refractivity contribution in [1.82, 2.24) is 26.6 Å². The molecule has 55 nitrogen and oxygen atoms in total. The first-order valence-corrected chi connectivity index (χ1v) is 40.0. The fourth-order valence-corrected chi connectivity index (χ4v) is 16.1. The first-order chi connectivity index (χ1) is 59.0. The Morgan fingerprint density at radius 3 is 0.968 bits per heavy atom. The molecule has 10 fully saturated rings. The normalized spacial score (nSPS) is 48.7. The second-order valence-electron chi connectivity index (χ2n) is 31.8. The Hall–Kier alpha value is -4.45. The summed E-state index contributed by atoms with van der Waals surface area (Å²) in [5, 5.41) is 304. The molecule has 0 spiro atoms. The molecule has 125 heavy (non-hydrogen) atoms. The number of amides is 5. The third-order valence-corrected chi connectivity index (χ3v) is 22.8. The van der Waals surface area contributed by atoms with E-state index in [1.165, 1.54) is 6.92 Å². The molecule has 0 unspecified atom stereocenters. The van der Waals surface area contributed by atoms with Crippen molar-refractivity contribution >= 4 is 29.5 Å². The fourth-order valence-electron chi connectivity index (χ4n) is 16.1. The molecule has 0 radical (unpaired) electrons. The van der Waals surface area contributed by atoms with E-state index in [1.54, 1.807) is 0 Å². The maximum atomic E-state index is 13.3. The first-order valence-electron chi connectivity index (χ1n) is 40.0. The van der Waals surface area contributed by atoms with Gasteiger partial charge in [0.1, 0.15) is 238 Å². The van der Waals surface area contributed by atoms with Crippen molar-refractivity contribution in [2.75, 3.05) is 59.5 Å². The summed E-state index contributed by atoms with van der Waals surface area (Å²) >= 11 is 0. The number of nitrogens with one attached hydrogen (secondary N) is 5. The molecule has 0 aromatic heterocycles. The van der Waals surface area contributed by atoms with Crippen molar-refractivity contribution in [1.29, 1.82) is 0 Å². The predicted octanol–water partition coefficient (Wildman–Crippen LogP) is -21.1. The van der Waals surface area contributed by atoms with Crippen LogP contribution in [0.1, 0.15) is 41.5 Å². The number of ether oxygens (including phenoxy) is 19. The summed E-state index contributed by atoms with van der Waals surface area (Å²) in [5.74, 6) is -4.56. The highest BCUT2D eigenvalue weighted by molar-refractivity contribution is 5.75. The highest BCUT2D eigenvalue weighted by atomic mass is 16.8. The van der Waals surface area contributed by atoms with E-state index in [1.807, 2.05) is 0 Å². The Balaban J connectivity index is 1.02. The van der Waals surface area contributed by atoms with Gasteiger partial charge in [0.2, 0.25) is 29.5 Å². The molecule has 0 saturated carbocycles. The lowest BCUT2D eigenvalue weighted by Gasteiger charge is -2.51. The minimum Gasteiger partial charge on any atom is -0.394 e. The van der Waals surface area contributed by atoms with Crippen LogP contribution in [0.15, 0.2) is 0 Å². The molecule has 31 N–H and O–H groups in total. The summed E-state index contributed by atoms with van der Waals surface area (Å²) in [6.45, 7) is -3.71. The third kappa shape index (κ3) is 23.3. The second-order valence-corrected chi connectivity index (χ2v) is 31.8. The molecule has 10 aliphatic heterocycles. The number of aliphatic hydroxyl groups excluding tert-OH is 26. The summed E-state index contributed by atoms with van der Waals surface area (Å²) in [6, 6.07) is -9.30. The fraction of sp³-hybridized carbons (Fsp3) is 0.929. The monoisotopic (exact) mass is 1830 g/mol. The van der Waals surface area contributed by atoms with Crippen LogP contribution in [0.3, 0.4) is 0 Å². The lowest BCUT2D eigenvalue weighted by molar-refractivity contribution is -0.399. The topological polar surface area (TPSA) is 847 Å². The standard InChI is InChI=1S/C70H117N5O50/c1-16-36(87)48(99)52(103)66(110-16)108-15-30-57(45(96)31(61(106)111-30)71-17(2)82)120-64-34(74-20(5)85)46(97)56(27(12-81)116-64)122-68-54(105)58(123-70-60(50(101)40(91)25(10-79)115-70)125-65-35(75-21(6)86)47(98)55(26(11-80)117-65)121-67-53(104)49(100)39(90)24(9-78)114-67)42(93)29(118-68)14-109-69-59(124-63-33(73-19(4)84)44(95)38(89)23(8-77)113-63)51(102)41(92)28(119-69)13-107-62-32(72-18(3)83)43(94)37(88)22(7-76)112-62/h16,22-70,76-81,87-106H,7-15H2,1-6H3,(H,71,82)(H,72,83)(H,73,84)(H,74,85)(H,75,86)/t16-,22+,23+,24+,25+,26+,27+,28+,29+,30+,31+,32+,33+,34+,35+,36+,37+,38+,39-,40+,41+,42+,43+,44+,45+,46+,47+,48+,49-,50-,51-,52-,53+,54-,55+,56+,57+,58-,59-,60-,61-,62+,63-,64-,65-,66+,67-,68-,69-,70+/m0/s1. The van der Waals surface area contributed by atoms with Crippen LogP contribution < -0.4 is 26.6 Å². The van der Waals surface area contributed by atoms with Crippen molar-refractivity contribution in [3.05, 3.63) is 0 Å². The quantitative estimate of drug-likeness (QED) is 0.0297. The van der Waals surface area contributed by atoms with Gasteiger partial charge in [0, 0.05) is 34.6 Å². The van der Waals surface area contributed by atoms with Crippen LogP contribution in [0.25, 0.3) is 0 Å². The molecule has 0 aliphatic carbocycles. The van der Waals surface area contributed by atoms with Crippen LogP contribution in [0.4, 0.5) is 0 Å². The third-order valence-electron chi connectivity index (χ3n) is 22.8. The lowest BCUT2D eigenvalue weighted by atomic mass is 9.93. The molecular weight excluding hydrogens is 1710 g/mol. The number of carbonyl (C=O) groups excluding carboxylic acids is 5. The minimum atomic E-state index is -2.66. The minimum absolute atomic E-state index is 0.815. The molecule has 5 amide bonds. The number of hydrogen-bond acceptors (Lipinski definition) is 50. The average Bonchev–Trinajstić information content (AvgIpc) is 0.763. The molecule has 0 bridgehead atoms. The molecular formula is C70H117N5O50. The molecule has 722 valence electrons. The van der Waals surface area contributed by atoms with Crippen LogP contribution in [-0.2, 0) is 114 Å². The van der Waals surface area contributed by atoms with Gasteiger partial charge in [-0.05, 0) is 6.92 Å². The summed E-state index contributed by atoms with van der Waals surface area (Å²) in [6.07, 6.45) is -93.6. The Labute approximate surface area is 708 Å². The zero-order chi connectivity index (χ0) is 92.1. The van der Waals surface area contributed by atoms with Crippen LogP contribution in [0.2, 0.25) is 0 Å². The van der Waals surface area contributed by atoms with Crippen molar-refractivity contribution < 1.29 is 247 Å². The molecule has 10 aliphatic rings. The van der Waals surface area contributed by atoms with Gasteiger partial charge in [-0.1, -0.05) is 0 Å². The molecule has 0 aromatic carbocycles. The Morgan fingerprint density at radius 2 is 0.504 bits per heavy atom. The van der Waals surface area contributed by atoms with Crippen molar-refractivity contribution in [3.63, 3.8) is 0 Å². The van der Waals surface area contributed by atoms with Crippen LogP contribution >= 0.6 is 0 Å². The lowest BCUT2D eigenvalue weighted by Crippen LogP contribution is -2.71. The van der Waals surface area contributed by atoms with E-state index < -0.39 is 396 Å². The summed E-state index contributed by atoms with van der Waals surface area (Å²) in [5.41, 5.74) is 0.